The molecule has 3 aromatic heterocycles. The summed E-state index contributed by atoms with van der Waals surface area (Å²) in [5.41, 5.74) is 1.04. The number of quaternary nitrogens is 1. The molecule has 0 aliphatic carbocycles. The number of anilines is 1. The molecular formula is C18H23N8S+. The Balaban J connectivity index is 1.48. The van der Waals surface area contributed by atoms with Crippen molar-refractivity contribution in [3.63, 3.8) is 0 Å². The third kappa shape index (κ3) is 3.74. The maximum absolute atomic E-state index is 5.68. The molecule has 8 nitrogen and oxygen atoms in total. The number of hydrogen-bond acceptors (Lipinski definition) is 6. The van der Waals surface area contributed by atoms with Gasteiger partial charge in [0.25, 0.3) is 0 Å². The third-order valence-electron chi connectivity index (χ3n) is 4.86. The summed E-state index contributed by atoms with van der Waals surface area (Å²) < 4.78 is 4.81. The van der Waals surface area contributed by atoms with Crippen molar-refractivity contribution in [1.82, 2.24) is 29.3 Å². The Labute approximate surface area is 163 Å². The summed E-state index contributed by atoms with van der Waals surface area (Å²) in [5, 5.41) is 4.81. The van der Waals surface area contributed by atoms with Crippen LogP contribution in [-0.4, -0.2) is 55.5 Å². The summed E-state index contributed by atoms with van der Waals surface area (Å²) in [7, 11) is 0. The van der Waals surface area contributed by atoms with Crippen molar-refractivity contribution in [3.8, 4) is 11.4 Å². The van der Waals surface area contributed by atoms with E-state index < -0.39 is 0 Å². The van der Waals surface area contributed by atoms with Gasteiger partial charge in [0, 0.05) is 36.9 Å². The van der Waals surface area contributed by atoms with Gasteiger partial charge >= 0.3 is 0 Å². The molecule has 0 unspecified atom stereocenters. The molecular weight excluding hydrogens is 360 g/mol. The molecule has 1 fully saturated rings. The zero-order valence-electron chi connectivity index (χ0n) is 15.3. The number of aromatic nitrogens is 6. The van der Waals surface area contributed by atoms with Crippen LogP contribution < -0.4 is 9.80 Å². The van der Waals surface area contributed by atoms with E-state index in [9.17, 15) is 0 Å². The van der Waals surface area contributed by atoms with Gasteiger partial charge in [-0.3, -0.25) is 4.98 Å². The number of nitrogens with one attached hydrogen (secondary N) is 1. The monoisotopic (exact) mass is 383 g/mol. The highest BCUT2D eigenvalue weighted by Gasteiger charge is 2.23. The van der Waals surface area contributed by atoms with Crippen LogP contribution in [0.4, 0.5) is 5.95 Å². The van der Waals surface area contributed by atoms with E-state index in [2.05, 4.69) is 31.3 Å². The van der Waals surface area contributed by atoms with E-state index in [1.807, 2.05) is 22.9 Å². The molecule has 0 amide bonds. The first-order chi connectivity index (χ1) is 13.3. The largest absolute Gasteiger partial charge is 0.330 e. The lowest BCUT2D eigenvalue weighted by molar-refractivity contribution is -0.924. The van der Waals surface area contributed by atoms with Crippen molar-refractivity contribution in [2.24, 2.45) is 0 Å². The van der Waals surface area contributed by atoms with E-state index in [1.54, 1.807) is 24.8 Å². The Bertz CT molecular complexity index is 929. The molecule has 3 aromatic rings. The highest BCUT2D eigenvalue weighted by molar-refractivity contribution is 7.71. The molecule has 27 heavy (non-hydrogen) atoms. The van der Waals surface area contributed by atoms with Gasteiger partial charge in [-0.1, -0.05) is 0 Å². The summed E-state index contributed by atoms with van der Waals surface area (Å²) in [5.74, 6) is 1.71. The Morgan fingerprint density at radius 3 is 2.44 bits per heavy atom. The molecule has 0 bridgehead atoms. The molecule has 0 radical (unpaired) electrons. The first kappa shape index (κ1) is 17.7. The fraction of sp³-hybridized carbons (Fsp3) is 0.389. The molecule has 4 heterocycles. The number of nitrogens with zero attached hydrogens (tertiary/aromatic N) is 7. The van der Waals surface area contributed by atoms with Crippen LogP contribution in [0.1, 0.15) is 6.92 Å². The number of piperazine rings is 1. The summed E-state index contributed by atoms with van der Waals surface area (Å²) in [6, 6.07) is 5.79. The zero-order chi connectivity index (χ0) is 18.6. The van der Waals surface area contributed by atoms with E-state index in [0.29, 0.717) is 0 Å². The predicted octanol–water partition coefficient (Wildman–Crippen LogP) is 0.649. The van der Waals surface area contributed by atoms with Gasteiger partial charge in [-0.25, -0.2) is 9.97 Å². The van der Waals surface area contributed by atoms with Crippen molar-refractivity contribution in [2.75, 3.05) is 31.1 Å². The van der Waals surface area contributed by atoms with Gasteiger partial charge in [0.1, 0.15) is 0 Å². The van der Waals surface area contributed by atoms with Crippen LogP contribution in [0.15, 0.2) is 43.0 Å². The molecule has 0 saturated carbocycles. The second kappa shape index (κ2) is 7.93. The molecule has 140 valence electrons. The Morgan fingerprint density at radius 2 is 1.78 bits per heavy atom. The standard InChI is InChI=1S/C18H22N8S/c1-2-25-16(15-4-8-19-9-5-15)22-26(18(25)27)14-23-10-12-24(13-11-23)17-20-6-3-7-21-17/h3-9H,2,10-14H2,1H3/p+1. The van der Waals surface area contributed by atoms with Crippen LogP contribution in [0, 0.1) is 4.77 Å². The van der Waals surface area contributed by atoms with Gasteiger partial charge in [-0.15, -0.1) is 5.10 Å². The first-order valence-electron chi connectivity index (χ1n) is 9.20. The Morgan fingerprint density at radius 1 is 1.07 bits per heavy atom. The Kier molecular flexibility index (Phi) is 5.21. The van der Waals surface area contributed by atoms with Crippen molar-refractivity contribution >= 4 is 18.2 Å². The topological polar surface area (TPSA) is 69.1 Å². The van der Waals surface area contributed by atoms with Gasteiger partial charge in [-0.05, 0) is 37.3 Å². The first-order valence-corrected chi connectivity index (χ1v) is 9.60. The van der Waals surface area contributed by atoms with Crippen molar-refractivity contribution in [1.29, 1.82) is 0 Å². The summed E-state index contributed by atoms with van der Waals surface area (Å²) in [4.78, 5) is 16.5. The molecule has 1 aliphatic rings. The van der Waals surface area contributed by atoms with Gasteiger partial charge in [0.2, 0.25) is 10.7 Å². The summed E-state index contributed by atoms with van der Waals surface area (Å²) >= 11 is 5.68. The highest BCUT2D eigenvalue weighted by atomic mass is 32.1. The van der Waals surface area contributed by atoms with Gasteiger partial charge in [0.15, 0.2) is 12.5 Å². The van der Waals surface area contributed by atoms with E-state index in [1.165, 1.54) is 4.90 Å². The van der Waals surface area contributed by atoms with Crippen molar-refractivity contribution in [3.05, 3.63) is 47.8 Å². The minimum Gasteiger partial charge on any atom is -0.330 e. The normalized spacial score (nSPS) is 15.2. The average molecular weight is 384 g/mol. The van der Waals surface area contributed by atoms with Crippen LogP contribution in [-0.2, 0) is 13.2 Å². The molecule has 0 aromatic carbocycles. The van der Waals surface area contributed by atoms with Crippen LogP contribution in [0.3, 0.4) is 0 Å². The summed E-state index contributed by atoms with van der Waals surface area (Å²) in [6.45, 7) is 7.53. The van der Waals surface area contributed by atoms with E-state index in [-0.39, 0.29) is 0 Å². The van der Waals surface area contributed by atoms with E-state index in [0.717, 1.165) is 61.5 Å². The van der Waals surface area contributed by atoms with Crippen LogP contribution >= 0.6 is 12.2 Å². The molecule has 0 atom stereocenters. The summed E-state index contributed by atoms with van der Waals surface area (Å²) in [6.07, 6.45) is 7.15. The smallest absolute Gasteiger partial charge is 0.225 e. The van der Waals surface area contributed by atoms with Gasteiger partial charge in [0.05, 0.1) is 26.2 Å². The number of pyridine rings is 1. The molecule has 4 rings (SSSR count). The number of hydrogen-bond donors (Lipinski definition) is 1. The second-order valence-electron chi connectivity index (χ2n) is 6.53. The highest BCUT2D eigenvalue weighted by Crippen LogP contribution is 2.17. The van der Waals surface area contributed by atoms with Gasteiger partial charge < -0.3 is 14.4 Å². The van der Waals surface area contributed by atoms with Gasteiger partial charge in [-0.2, -0.15) is 4.68 Å². The molecule has 1 saturated heterocycles. The minimum absolute atomic E-state index is 0.769. The second-order valence-corrected chi connectivity index (χ2v) is 6.89. The molecule has 9 heteroatoms. The number of rotatable bonds is 5. The van der Waals surface area contributed by atoms with Crippen molar-refractivity contribution in [2.45, 2.75) is 20.1 Å². The van der Waals surface area contributed by atoms with Crippen LogP contribution in [0.25, 0.3) is 11.4 Å². The fourth-order valence-corrected chi connectivity index (χ4v) is 3.71. The predicted molar refractivity (Wildman–Crippen MR) is 105 cm³/mol. The maximum Gasteiger partial charge on any atom is 0.225 e. The quantitative estimate of drug-likeness (QED) is 0.653. The van der Waals surface area contributed by atoms with Crippen molar-refractivity contribution < 1.29 is 4.90 Å². The fourth-order valence-electron chi connectivity index (χ4n) is 3.39. The minimum atomic E-state index is 0.769. The lowest BCUT2D eigenvalue weighted by Gasteiger charge is -2.31. The van der Waals surface area contributed by atoms with E-state index >= 15 is 0 Å². The molecule has 0 spiro atoms. The third-order valence-corrected chi connectivity index (χ3v) is 5.29. The zero-order valence-corrected chi connectivity index (χ0v) is 16.1. The Hall–Kier alpha value is -2.65. The lowest BCUT2D eigenvalue weighted by Crippen LogP contribution is -3.14. The lowest BCUT2D eigenvalue weighted by atomic mass is 10.2. The maximum atomic E-state index is 5.68. The average Bonchev–Trinajstić information content (AvgIpc) is 3.05. The molecule has 1 aliphatic heterocycles. The van der Waals surface area contributed by atoms with Crippen LogP contribution in [0.5, 0.6) is 0 Å². The van der Waals surface area contributed by atoms with Crippen LogP contribution in [0.2, 0.25) is 0 Å². The van der Waals surface area contributed by atoms with E-state index in [4.69, 9.17) is 17.3 Å². The SMILES string of the molecule is CCn1c(-c2ccncc2)nn(C[NH+]2CCN(c3ncccn3)CC2)c1=S. The molecule has 1 N–H and O–H groups in total.